The molecular weight excluding hydrogens is 254 g/mol. The molecule has 5 heteroatoms. The van der Waals surface area contributed by atoms with Crippen molar-refractivity contribution in [3.8, 4) is 0 Å². The number of aryl methyl sites for hydroxylation is 1. The van der Waals surface area contributed by atoms with Gasteiger partial charge in [-0.2, -0.15) is 0 Å². The van der Waals surface area contributed by atoms with Crippen LogP contribution >= 0.6 is 0 Å². The van der Waals surface area contributed by atoms with Crippen LogP contribution in [0.4, 0.5) is 11.4 Å². The lowest BCUT2D eigenvalue weighted by Gasteiger charge is -2.17. The molecule has 2 rings (SSSR count). The summed E-state index contributed by atoms with van der Waals surface area (Å²) in [6.45, 7) is 2.02. The van der Waals surface area contributed by atoms with Gasteiger partial charge in [-0.05, 0) is 30.7 Å². The summed E-state index contributed by atoms with van der Waals surface area (Å²) in [7, 11) is 3.91. The topological polar surface area (TPSA) is 65.2 Å². The van der Waals surface area contributed by atoms with Crippen LogP contribution in [-0.2, 0) is 0 Å². The Morgan fingerprint density at radius 2 is 1.95 bits per heavy atom. The molecule has 1 aromatic carbocycles. The molecule has 0 saturated heterocycles. The number of benzene rings is 1. The second-order valence-electron chi connectivity index (χ2n) is 4.79. The SMILES string of the molecule is Cc1ccc(NC(=O)c2ccc(=O)[nH]c2)cc1N(C)C. The molecule has 0 bridgehead atoms. The predicted molar refractivity (Wildman–Crippen MR) is 80.5 cm³/mol. The first-order chi connectivity index (χ1) is 9.47. The van der Waals surface area contributed by atoms with Crippen molar-refractivity contribution >= 4 is 17.3 Å². The number of nitrogens with one attached hydrogen (secondary N) is 2. The van der Waals surface area contributed by atoms with E-state index < -0.39 is 0 Å². The Kier molecular flexibility index (Phi) is 3.89. The van der Waals surface area contributed by atoms with Gasteiger partial charge >= 0.3 is 0 Å². The Morgan fingerprint density at radius 3 is 2.55 bits per heavy atom. The van der Waals surface area contributed by atoms with E-state index in [4.69, 9.17) is 0 Å². The van der Waals surface area contributed by atoms with Crippen LogP contribution < -0.4 is 15.8 Å². The summed E-state index contributed by atoms with van der Waals surface area (Å²) >= 11 is 0. The molecule has 104 valence electrons. The minimum absolute atomic E-state index is 0.230. The highest BCUT2D eigenvalue weighted by Gasteiger charge is 2.08. The van der Waals surface area contributed by atoms with E-state index in [1.807, 2.05) is 44.1 Å². The van der Waals surface area contributed by atoms with E-state index in [9.17, 15) is 9.59 Å². The Bertz CT molecular complexity index is 669. The van der Waals surface area contributed by atoms with Gasteiger partial charge in [0.25, 0.3) is 5.91 Å². The number of pyridine rings is 1. The number of nitrogens with zero attached hydrogens (tertiary/aromatic N) is 1. The predicted octanol–water partition coefficient (Wildman–Crippen LogP) is 2.00. The number of H-pyrrole nitrogens is 1. The highest BCUT2D eigenvalue weighted by atomic mass is 16.1. The molecule has 0 aliphatic carbocycles. The van der Waals surface area contributed by atoms with Crippen LogP contribution in [0, 0.1) is 6.92 Å². The van der Waals surface area contributed by atoms with Gasteiger partial charge in [0.1, 0.15) is 0 Å². The Balaban J connectivity index is 2.21. The third kappa shape index (κ3) is 3.06. The average molecular weight is 271 g/mol. The van der Waals surface area contributed by atoms with E-state index in [0.717, 1.165) is 16.9 Å². The molecule has 0 aliphatic heterocycles. The molecule has 0 spiro atoms. The van der Waals surface area contributed by atoms with Gasteiger partial charge in [0.15, 0.2) is 0 Å². The van der Waals surface area contributed by atoms with Crippen LogP contribution in [0.1, 0.15) is 15.9 Å². The maximum Gasteiger partial charge on any atom is 0.257 e. The lowest BCUT2D eigenvalue weighted by molar-refractivity contribution is 0.102. The van der Waals surface area contributed by atoms with Gasteiger partial charge in [-0.15, -0.1) is 0 Å². The fourth-order valence-corrected chi connectivity index (χ4v) is 1.92. The summed E-state index contributed by atoms with van der Waals surface area (Å²) in [6, 6.07) is 8.55. The van der Waals surface area contributed by atoms with Crippen molar-refractivity contribution < 1.29 is 4.79 Å². The van der Waals surface area contributed by atoms with Gasteiger partial charge in [-0.1, -0.05) is 6.07 Å². The molecular formula is C15H17N3O2. The molecule has 0 unspecified atom stereocenters. The number of carbonyl (C=O) groups is 1. The van der Waals surface area contributed by atoms with Crippen LogP contribution in [0.25, 0.3) is 0 Å². The summed E-state index contributed by atoms with van der Waals surface area (Å²) in [4.78, 5) is 27.5. The van der Waals surface area contributed by atoms with Crippen LogP contribution in [0.5, 0.6) is 0 Å². The third-order valence-corrected chi connectivity index (χ3v) is 3.00. The maximum absolute atomic E-state index is 12.0. The standard InChI is InChI=1S/C15H17N3O2/c1-10-4-6-12(8-13(10)18(2)3)17-15(20)11-5-7-14(19)16-9-11/h4-9H,1-3H3,(H,16,19)(H,17,20). The Labute approximate surface area is 117 Å². The molecule has 0 aliphatic rings. The zero-order valence-electron chi connectivity index (χ0n) is 11.7. The third-order valence-electron chi connectivity index (χ3n) is 3.00. The van der Waals surface area contributed by atoms with Crippen molar-refractivity contribution in [3.63, 3.8) is 0 Å². The van der Waals surface area contributed by atoms with Crippen molar-refractivity contribution in [1.29, 1.82) is 0 Å². The largest absolute Gasteiger partial charge is 0.377 e. The smallest absolute Gasteiger partial charge is 0.257 e. The zero-order chi connectivity index (χ0) is 14.7. The van der Waals surface area contributed by atoms with E-state index in [-0.39, 0.29) is 11.5 Å². The second-order valence-corrected chi connectivity index (χ2v) is 4.79. The zero-order valence-corrected chi connectivity index (χ0v) is 11.7. The minimum atomic E-state index is -0.255. The number of hydrogen-bond donors (Lipinski definition) is 2. The monoisotopic (exact) mass is 271 g/mol. The molecule has 1 aromatic heterocycles. The average Bonchev–Trinajstić information content (AvgIpc) is 2.41. The molecule has 5 nitrogen and oxygen atoms in total. The second kappa shape index (κ2) is 5.61. The fourth-order valence-electron chi connectivity index (χ4n) is 1.92. The number of rotatable bonds is 3. The molecule has 0 saturated carbocycles. The van der Waals surface area contributed by atoms with Crippen LogP contribution in [0.3, 0.4) is 0 Å². The van der Waals surface area contributed by atoms with Crippen molar-refractivity contribution in [1.82, 2.24) is 4.98 Å². The molecule has 1 heterocycles. The quantitative estimate of drug-likeness (QED) is 0.897. The van der Waals surface area contributed by atoms with E-state index in [1.165, 1.54) is 18.3 Å². The Morgan fingerprint density at radius 1 is 1.20 bits per heavy atom. The number of amides is 1. The number of aromatic amines is 1. The van der Waals surface area contributed by atoms with Gasteiger partial charge < -0.3 is 15.2 Å². The van der Waals surface area contributed by atoms with E-state index in [2.05, 4.69) is 10.3 Å². The molecule has 2 N–H and O–H groups in total. The molecule has 2 aromatic rings. The molecule has 0 atom stereocenters. The summed E-state index contributed by atoms with van der Waals surface area (Å²) < 4.78 is 0. The summed E-state index contributed by atoms with van der Waals surface area (Å²) in [5, 5.41) is 2.81. The highest BCUT2D eigenvalue weighted by molar-refractivity contribution is 6.04. The maximum atomic E-state index is 12.0. The van der Waals surface area contributed by atoms with Crippen molar-refractivity contribution in [3.05, 3.63) is 58.0 Å². The first-order valence-corrected chi connectivity index (χ1v) is 6.25. The molecule has 0 radical (unpaired) electrons. The van der Waals surface area contributed by atoms with E-state index in [1.54, 1.807) is 0 Å². The van der Waals surface area contributed by atoms with Crippen molar-refractivity contribution in [2.45, 2.75) is 6.92 Å². The van der Waals surface area contributed by atoms with Gasteiger partial charge in [-0.3, -0.25) is 9.59 Å². The van der Waals surface area contributed by atoms with Crippen LogP contribution in [-0.4, -0.2) is 25.0 Å². The molecule has 20 heavy (non-hydrogen) atoms. The summed E-state index contributed by atoms with van der Waals surface area (Å²) in [5.74, 6) is -0.255. The van der Waals surface area contributed by atoms with Crippen LogP contribution in [0.2, 0.25) is 0 Å². The van der Waals surface area contributed by atoms with Gasteiger partial charge in [0.2, 0.25) is 5.56 Å². The van der Waals surface area contributed by atoms with Gasteiger partial charge in [0.05, 0.1) is 5.56 Å². The number of hydrogen-bond acceptors (Lipinski definition) is 3. The lowest BCUT2D eigenvalue weighted by Crippen LogP contribution is -2.15. The number of aromatic nitrogens is 1. The van der Waals surface area contributed by atoms with E-state index in [0.29, 0.717) is 5.56 Å². The normalized spacial score (nSPS) is 10.2. The first-order valence-electron chi connectivity index (χ1n) is 6.25. The fraction of sp³-hybridized carbons (Fsp3) is 0.200. The molecule has 0 fully saturated rings. The highest BCUT2D eigenvalue weighted by Crippen LogP contribution is 2.22. The summed E-state index contributed by atoms with van der Waals surface area (Å²) in [5.41, 5.74) is 3.08. The molecule has 1 amide bonds. The van der Waals surface area contributed by atoms with Gasteiger partial charge in [0, 0.05) is 37.7 Å². The van der Waals surface area contributed by atoms with Crippen molar-refractivity contribution in [2.75, 3.05) is 24.3 Å². The minimum Gasteiger partial charge on any atom is -0.377 e. The number of carbonyl (C=O) groups excluding carboxylic acids is 1. The van der Waals surface area contributed by atoms with Gasteiger partial charge in [-0.25, -0.2) is 0 Å². The van der Waals surface area contributed by atoms with Crippen LogP contribution in [0.15, 0.2) is 41.3 Å². The lowest BCUT2D eigenvalue weighted by atomic mass is 10.1. The first kappa shape index (κ1) is 13.9. The Hall–Kier alpha value is -2.56. The number of anilines is 2. The van der Waals surface area contributed by atoms with Crippen molar-refractivity contribution in [2.24, 2.45) is 0 Å². The van der Waals surface area contributed by atoms with E-state index >= 15 is 0 Å². The summed E-state index contributed by atoms with van der Waals surface area (Å²) in [6.07, 6.45) is 1.40.